The SMILES string of the molecule is Cc1cc(OCCC(C)(C)O)ccc1-c1cccc(C=O)c1C. The third kappa shape index (κ3) is 4.42. The molecule has 0 aliphatic rings. The Morgan fingerprint density at radius 1 is 1.13 bits per heavy atom. The van der Waals surface area contributed by atoms with E-state index in [1.807, 2.05) is 50.2 Å². The fourth-order valence-corrected chi connectivity index (χ4v) is 2.52. The lowest BCUT2D eigenvalue weighted by atomic mass is 9.94. The van der Waals surface area contributed by atoms with Gasteiger partial charge < -0.3 is 9.84 Å². The number of ether oxygens (including phenoxy) is 1. The number of aldehydes is 1. The van der Waals surface area contributed by atoms with E-state index in [2.05, 4.69) is 0 Å². The summed E-state index contributed by atoms with van der Waals surface area (Å²) in [7, 11) is 0. The lowest BCUT2D eigenvalue weighted by Crippen LogP contribution is -2.21. The molecular formula is C20H24O3. The molecule has 3 nitrogen and oxygen atoms in total. The predicted octanol–water partition coefficient (Wildman–Crippen LogP) is 4.32. The van der Waals surface area contributed by atoms with E-state index in [9.17, 15) is 9.90 Å². The fourth-order valence-electron chi connectivity index (χ4n) is 2.52. The minimum Gasteiger partial charge on any atom is -0.493 e. The van der Waals surface area contributed by atoms with Crippen molar-refractivity contribution in [1.82, 2.24) is 0 Å². The predicted molar refractivity (Wildman–Crippen MR) is 93.1 cm³/mol. The molecule has 122 valence electrons. The molecular weight excluding hydrogens is 288 g/mol. The Morgan fingerprint density at radius 3 is 2.48 bits per heavy atom. The van der Waals surface area contributed by atoms with Crippen molar-refractivity contribution in [3.63, 3.8) is 0 Å². The molecule has 2 aromatic rings. The number of hydrogen-bond acceptors (Lipinski definition) is 3. The summed E-state index contributed by atoms with van der Waals surface area (Å²) in [6.07, 6.45) is 1.47. The van der Waals surface area contributed by atoms with Gasteiger partial charge in [-0.1, -0.05) is 24.3 Å². The van der Waals surface area contributed by atoms with Crippen molar-refractivity contribution in [3.05, 3.63) is 53.1 Å². The highest BCUT2D eigenvalue weighted by Gasteiger charge is 2.13. The molecule has 0 spiro atoms. The van der Waals surface area contributed by atoms with Crippen LogP contribution in [0.2, 0.25) is 0 Å². The van der Waals surface area contributed by atoms with Gasteiger partial charge in [0.15, 0.2) is 0 Å². The first-order chi connectivity index (χ1) is 10.8. The summed E-state index contributed by atoms with van der Waals surface area (Å²) in [5, 5.41) is 9.71. The number of aliphatic hydroxyl groups is 1. The molecule has 0 bridgehead atoms. The third-order valence-electron chi connectivity index (χ3n) is 3.97. The Kier molecular flexibility index (Phi) is 5.22. The molecule has 0 amide bonds. The number of aryl methyl sites for hydroxylation is 1. The van der Waals surface area contributed by atoms with Crippen molar-refractivity contribution >= 4 is 6.29 Å². The van der Waals surface area contributed by atoms with E-state index in [1.165, 1.54) is 0 Å². The summed E-state index contributed by atoms with van der Waals surface area (Å²) in [6, 6.07) is 11.7. The van der Waals surface area contributed by atoms with Crippen LogP contribution < -0.4 is 4.74 Å². The van der Waals surface area contributed by atoms with Crippen LogP contribution in [-0.2, 0) is 0 Å². The zero-order valence-corrected chi connectivity index (χ0v) is 14.2. The molecule has 0 atom stereocenters. The first-order valence-electron chi connectivity index (χ1n) is 7.83. The lowest BCUT2D eigenvalue weighted by molar-refractivity contribution is 0.0553. The van der Waals surface area contributed by atoms with Gasteiger partial charge in [-0.15, -0.1) is 0 Å². The Morgan fingerprint density at radius 2 is 1.87 bits per heavy atom. The number of rotatable bonds is 6. The first-order valence-corrected chi connectivity index (χ1v) is 7.83. The number of carbonyl (C=O) groups excluding carboxylic acids is 1. The highest BCUT2D eigenvalue weighted by molar-refractivity contribution is 5.83. The van der Waals surface area contributed by atoms with Gasteiger partial charge in [0.2, 0.25) is 0 Å². The second-order valence-corrected chi connectivity index (χ2v) is 6.53. The summed E-state index contributed by atoms with van der Waals surface area (Å²) < 4.78 is 5.71. The Balaban J connectivity index is 2.22. The third-order valence-corrected chi connectivity index (χ3v) is 3.97. The summed E-state index contributed by atoms with van der Waals surface area (Å²) >= 11 is 0. The van der Waals surface area contributed by atoms with Crippen molar-refractivity contribution in [2.24, 2.45) is 0 Å². The average Bonchev–Trinajstić information content (AvgIpc) is 2.47. The van der Waals surface area contributed by atoms with Gasteiger partial charge in [0, 0.05) is 12.0 Å². The molecule has 0 heterocycles. The fraction of sp³-hybridized carbons (Fsp3) is 0.350. The van der Waals surface area contributed by atoms with E-state index >= 15 is 0 Å². The summed E-state index contributed by atoms with van der Waals surface area (Å²) in [5.41, 5.74) is 4.24. The van der Waals surface area contributed by atoms with Gasteiger partial charge in [-0.2, -0.15) is 0 Å². The van der Waals surface area contributed by atoms with Gasteiger partial charge in [-0.05, 0) is 62.1 Å². The zero-order valence-electron chi connectivity index (χ0n) is 14.2. The van der Waals surface area contributed by atoms with Gasteiger partial charge in [-0.25, -0.2) is 0 Å². The maximum Gasteiger partial charge on any atom is 0.150 e. The average molecular weight is 312 g/mol. The Labute approximate surface area is 137 Å². The summed E-state index contributed by atoms with van der Waals surface area (Å²) in [6.45, 7) is 8.01. The van der Waals surface area contributed by atoms with Crippen LogP contribution in [-0.4, -0.2) is 23.6 Å². The molecule has 0 unspecified atom stereocenters. The van der Waals surface area contributed by atoms with Crippen LogP contribution in [0.3, 0.4) is 0 Å². The van der Waals surface area contributed by atoms with Crippen molar-refractivity contribution in [2.75, 3.05) is 6.61 Å². The summed E-state index contributed by atoms with van der Waals surface area (Å²) in [4.78, 5) is 11.1. The number of carbonyl (C=O) groups is 1. The topological polar surface area (TPSA) is 46.5 Å². The minimum atomic E-state index is -0.721. The van der Waals surface area contributed by atoms with E-state index in [0.29, 0.717) is 18.6 Å². The maximum absolute atomic E-state index is 11.1. The van der Waals surface area contributed by atoms with Crippen LogP contribution in [0.4, 0.5) is 0 Å². The second-order valence-electron chi connectivity index (χ2n) is 6.53. The van der Waals surface area contributed by atoms with Crippen molar-refractivity contribution in [2.45, 2.75) is 39.7 Å². The molecule has 2 aromatic carbocycles. The second kappa shape index (κ2) is 6.97. The number of hydrogen-bond donors (Lipinski definition) is 1. The smallest absolute Gasteiger partial charge is 0.150 e. The normalized spacial score (nSPS) is 11.3. The van der Waals surface area contributed by atoms with E-state index in [1.54, 1.807) is 13.8 Å². The van der Waals surface area contributed by atoms with E-state index in [0.717, 1.165) is 34.3 Å². The largest absolute Gasteiger partial charge is 0.493 e. The van der Waals surface area contributed by atoms with Crippen LogP contribution in [0.1, 0.15) is 41.8 Å². The van der Waals surface area contributed by atoms with Crippen LogP contribution >= 0.6 is 0 Å². The molecule has 0 aliphatic heterocycles. The molecule has 2 rings (SSSR count). The molecule has 0 fully saturated rings. The van der Waals surface area contributed by atoms with Crippen molar-refractivity contribution < 1.29 is 14.6 Å². The molecule has 0 saturated heterocycles. The van der Waals surface area contributed by atoms with Gasteiger partial charge in [0.1, 0.15) is 12.0 Å². The van der Waals surface area contributed by atoms with E-state index in [-0.39, 0.29) is 0 Å². The molecule has 0 aliphatic carbocycles. The van der Waals surface area contributed by atoms with E-state index < -0.39 is 5.60 Å². The van der Waals surface area contributed by atoms with Crippen LogP contribution in [0.5, 0.6) is 5.75 Å². The van der Waals surface area contributed by atoms with Gasteiger partial charge in [-0.3, -0.25) is 4.79 Å². The standard InChI is InChI=1S/C20H24O3/c1-14-12-17(23-11-10-20(3,4)22)8-9-18(14)19-7-5-6-16(13-21)15(19)2/h5-9,12-13,22H,10-11H2,1-4H3. The quantitative estimate of drug-likeness (QED) is 0.808. The van der Waals surface area contributed by atoms with Gasteiger partial charge in [0.05, 0.1) is 12.2 Å². The lowest BCUT2D eigenvalue weighted by Gasteiger charge is -2.18. The molecule has 0 radical (unpaired) electrons. The first kappa shape index (κ1) is 17.2. The monoisotopic (exact) mass is 312 g/mol. The van der Waals surface area contributed by atoms with Crippen molar-refractivity contribution in [3.8, 4) is 16.9 Å². The molecule has 0 saturated carbocycles. The Bertz CT molecular complexity index is 697. The van der Waals surface area contributed by atoms with Gasteiger partial charge >= 0.3 is 0 Å². The minimum absolute atomic E-state index is 0.474. The highest BCUT2D eigenvalue weighted by Crippen LogP contribution is 2.30. The van der Waals surface area contributed by atoms with Crippen LogP contribution in [0.15, 0.2) is 36.4 Å². The van der Waals surface area contributed by atoms with Crippen LogP contribution in [0.25, 0.3) is 11.1 Å². The zero-order chi connectivity index (χ0) is 17.0. The summed E-state index contributed by atoms with van der Waals surface area (Å²) in [5.74, 6) is 0.791. The molecule has 1 N–H and O–H groups in total. The van der Waals surface area contributed by atoms with Gasteiger partial charge in [0.25, 0.3) is 0 Å². The van der Waals surface area contributed by atoms with E-state index in [4.69, 9.17) is 4.74 Å². The highest BCUT2D eigenvalue weighted by atomic mass is 16.5. The maximum atomic E-state index is 11.1. The number of benzene rings is 2. The van der Waals surface area contributed by atoms with Crippen molar-refractivity contribution in [1.29, 1.82) is 0 Å². The van der Waals surface area contributed by atoms with Crippen LogP contribution in [0, 0.1) is 13.8 Å². The molecule has 23 heavy (non-hydrogen) atoms. The molecule has 0 aromatic heterocycles. The Hall–Kier alpha value is -2.13. The molecule has 3 heteroatoms.